The second-order valence-corrected chi connectivity index (χ2v) is 7.02. The Hall–Kier alpha value is -1.75. The van der Waals surface area contributed by atoms with Gasteiger partial charge in [0, 0.05) is 33.2 Å². The van der Waals surface area contributed by atoms with Gasteiger partial charge in [-0.1, -0.05) is 19.1 Å². The number of piperidine rings is 1. The van der Waals surface area contributed by atoms with E-state index in [1.54, 1.807) is 7.11 Å². The molecule has 1 N–H and O–H groups in total. The number of methoxy groups -OCH3 is 1. The number of benzene rings is 1. The fraction of sp³-hybridized carbons (Fsp3) is 0.650. The lowest BCUT2D eigenvalue weighted by atomic mass is 9.97. The summed E-state index contributed by atoms with van der Waals surface area (Å²) in [6, 6.07) is 8.39. The smallest absolute Gasteiger partial charge is 0.317 e. The van der Waals surface area contributed by atoms with Crippen LogP contribution in [0.5, 0.6) is 5.75 Å². The predicted octanol–water partition coefficient (Wildman–Crippen LogP) is 3.00. The Morgan fingerprint density at radius 1 is 1.36 bits per heavy atom. The van der Waals surface area contributed by atoms with E-state index in [0.29, 0.717) is 5.92 Å². The van der Waals surface area contributed by atoms with Gasteiger partial charge in [-0.3, -0.25) is 0 Å². The first-order valence-corrected chi connectivity index (χ1v) is 9.46. The van der Waals surface area contributed by atoms with Crippen LogP contribution in [0.3, 0.4) is 0 Å². The van der Waals surface area contributed by atoms with Gasteiger partial charge in [-0.2, -0.15) is 0 Å². The van der Waals surface area contributed by atoms with Gasteiger partial charge in [0.15, 0.2) is 0 Å². The minimum atomic E-state index is 0.0530. The number of rotatable bonds is 8. The van der Waals surface area contributed by atoms with Crippen LogP contribution in [-0.2, 0) is 6.42 Å². The van der Waals surface area contributed by atoms with Gasteiger partial charge < -0.3 is 19.9 Å². The van der Waals surface area contributed by atoms with Crippen molar-refractivity contribution in [3.8, 4) is 5.75 Å². The second kappa shape index (κ2) is 10.3. The van der Waals surface area contributed by atoms with Gasteiger partial charge in [0.1, 0.15) is 5.75 Å². The Balaban J connectivity index is 1.75. The Labute approximate surface area is 152 Å². The van der Waals surface area contributed by atoms with E-state index in [0.717, 1.165) is 44.8 Å². The van der Waals surface area contributed by atoms with Gasteiger partial charge in [0.2, 0.25) is 0 Å². The van der Waals surface area contributed by atoms with Gasteiger partial charge in [0.05, 0.1) is 7.11 Å². The van der Waals surface area contributed by atoms with Crippen molar-refractivity contribution in [1.82, 2.24) is 15.1 Å². The molecule has 2 amide bonds. The SMILES string of the molecule is CCCNC(=O)N(C)CC1CCCN(CCc2ccc(OC)cc2)C1. The lowest BCUT2D eigenvalue weighted by molar-refractivity contribution is 0.146. The van der Waals surface area contributed by atoms with E-state index in [-0.39, 0.29) is 6.03 Å². The van der Waals surface area contributed by atoms with Crippen molar-refractivity contribution in [2.24, 2.45) is 5.92 Å². The molecule has 0 radical (unpaired) electrons. The molecule has 0 aromatic heterocycles. The summed E-state index contributed by atoms with van der Waals surface area (Å²) >= 11 is 0. The third kappa shape index (κ3) is 6.58. The van der Waals surface area contributed by atoms with Crippen molar-refractivity contribution in [2.75, 3.05) is 46.9 Å². The molecule has 2 rings (SSSR count). The molecule has 1 saturated heterocycles. The van der Waals surface area contributed by atoms with E-state index >= 15 is 0 Å². The van der Waals surface area contributed by atoms with Gasteiger partial charge in [0.25, 0.3) is 0 Å². The average Bonchev–Trinajstić information content (AvgIpc) is 2.65. The van der Waals surface area contributed by atoms with E-state index < -0.39 is 0 Å². The standard InChI is InChI=1S/C20H33N3O2/c1-4-12-21-20(24)22(2)15-18-6-5-13-23(16-18)14-11-17-7-9-19(25-3)10-8-17/h7-10,18H,4-6,11-16H2,1-3H3,(H,21,24). The fourth-order valence-electron chi connectivity index (χ4n) is 3.42. The zero-order valence-corrected chi connectivity index (χ0v) is 16.0. The van der Waals surface area contributed by atoms with Crippen LogP contribution in [0.4, 0.5) is 4.79 Å². The zero-order valence-electron chi connectivity index (χ0n) is 16.0. The number of hydrogen-bond acceptors (Lipinski definition) is 3. The highest BCUT2D eigenvalue weighted by Gasteiger charge is 2.22. The first-order valence-electron chi connectivity index (χ1n) is 9.46. The highest BCUT2D eigenvalue weighted by atomic mass is 16.5. The third-order valence-corrected chi connectivity index (χ3v) is 4.88. The summed E-state index contributed by atoms with van der Waals surface area (Å²) in [5.74, 6) is 1.48. The molecular formula is C20H33N3O2. The summed E-state index contributed by atoms with van der Waals surface area (Å²) in [4.78, 5) is 16.4. The predicted molar refractivity (Wildman–Crippen MR) is 102 cm³/mol. The number of nitrogens with zero attached hydrogens (tertiary/aromatic N) is 2. The van der Waals surface area contributed by atoms with E-state index in [1.165, 1.54) is 24.9 Å². The molecule has 1 aromatic rings. The monoisotopic (exact) mass is 347 g/mol. The number of nitrogens with one attached hydrogen (secondary N) is 1. The Morgan fingerprint density at radius 2 is 2.12 bits per heavy atom. The Bertz CT molecular complexity index is 518. The normalized spacial score (nSPS) is 18.0. The third-order valence-electron chi connectivity index (χ3n) is 4.88. The summed E-state index contributed by atoms with van der Waals surface area (Å²) in [5, 5.41) is 2.95. The van der Waals surface area contributed by atoms with E-state index in [2.05, 4.69) is 29.3 Å². The molecule has 0 spiro atoms. The van der Waals surface area contributed by atoms with Crippen molar-refractivity contribution >= 4 is 6.03 Å². The first-order chi connectivity index (χ1) is 12.1. The minimum absolute atomic E-state index is 0.0530. The average molecular weight is 348 g/mol. The summed E-state index contributed by atoms with van der Waals surface area (Å²) < 4.78 is 5.21. The molecule has 1 aliphatic rings. The largest absolute Gasteiger partial charge is 0.497 e. The van der Waals surface area contributed by atoms with Crippen LogP contribution in [0.1, 0.15) is 31.7 Å². The fourth-order valence-corrected chi connectivity index (χ4v) is 3.42. The Kier molecular flexibility index (Phi) is 8.06. The zero-order chi connectivity index (χ0) is 18.1. The highest BCUT2D eigenvalue weighted by Crippen LogP contribution is 2.18. The van der Waals surface area contributed by atoms with E-state index in [4.69, 9.17) is 4.74 Å². The quantitative estimate of drug-likeness (QED) is 0.786. The first kappa shape index (κ1) is 19.6. The van der Waals surface area contributed by atoms with Crippen molar-refractivity contribution in [2.45, 2.75) is 32.6 Å². The number of hydrogen-bond donors (Lipinski definition) is 1. The van der Waals surface area contributed by atoms with Crippen LogP contribution in [0, 0.1) is 5.92 Å². The Morgan fingerprint density at radius 3 is 2.80 bits per heavy atom. The molecule has 0 aliphatic carbocycles. The van der Waals surface area contributed by atoms with Crippen LogP contribution in [0.2, 0.25) is 0 Å². The van der Waals surface area contributed by atoms with Crippen molar-refractivity contribution in [1.29, 1.82) is 0 Å². The molecule has 1 heterocycles. The van der Waals surface area contributed by atoms with Crippen LogP contribution in [0.15, 0.2) is 24.3 Å². The van der Waals surface area contributed by atoms with Gasteiger partial charge in [-0.05, 0) is 55.8 Å². The topological polar surface area (TPSA) is 44.8 Å². The lowest BCUT2D eigenvalue weighted by Crippen LogP contribution is -2.45. The maximum atomic E-state index is 12.0. The summed E-state index contributed by atoms with van der Waals surface area (Å²) in [6.07, 6.45) is 4.47. The molecule has 140 valence electrons. The van der Waals surface area contributed by atoms with Gasteiger partial charge >= 0.3 is 6.03 Å². The number of carbonyl (C=O) groups is 1. The molecule has 0 bridgehead atoms. The van der Waals surface area contributed by atoms with Crippen molar-refractivity contribution < 1.29 is 9.53 Å². The number of amides is 2. The molecule has 1 unspecified atom stereocenters. The minimum Gasteiger partial charge on any atom is -0.497 e. The number of urea groups is 1. The molecule has 1 aromatic carbocycles. The maximum absolute atomic E-state index is 12.0. The molecule has 1 aliphatic heterocycles. The molecule has 25 heavy (non-hydrogen) atoms. The summed E-state index contributed by atoms with van der Waals surface area (Å²) in [5.41, 5.74) is 1.35. The van der Waals surface area contributed by atoms with Gasteiger partial charge in [-0.15, -0.1) is 0 Å². The summed E-state index contributed by atoms with van der Waals surface area (Å²) in [7, 11) is 3.60. The van der Waals surface area contributed by atoms with E-state index in [9.17, 15) is 4.79 Å². The molecule has 0 saturated carbocycles. The van der Waals surface area contributed by atoms with Crippen LogP contribution >= 0.6 is 0 Å². The lowest BCUT2D eigenvalue weighted by Gasteiger charge is -2.34. The molecule has 1 fully saturated rings. The number of ether oxygens (including phenoxy) is 1. The molecule has 5 heteroatoms. The van der Waals surface area contributed by atoms with Crippen LogP contribution < -0.4 is 10.1 Å². The summed E-state index contributed by atoms with van der Waals surface area (Å²) in [6.45, 7) is 6.99. The second-order valence-electron chi connectivity index (χ2n) is 7.02. The van der Waals surface area contributed by atoms with Crippen molar-refractivity contribution in [3.05, 3.63) is 29.8 Å². The van der Waals surface area contributed by atoms with E-state index in [1.807, 2.05) is 24.1 Å². The molecule has 1 atom stereocenters. The number of likely N-dealkylation sites (tertiary alicyclic amines) is 1. The maximum Gasteiger partial charge on any atom is 0.317 e. The molecule has 5 nitrogen and oxygen atoms in total. The van der Waals surface area contributed by atoms with Crippen molar-refractivity contribution in [3.63, 3.8) is 0 Å². The highest BCUT2D eigenvalue weighted by molar-refractivity contribution is 5.73. The molecular weight excluding hydrogens is 314 g/mol. The van der Waals surface area contributed by atoms with Crippen LogP contribution in [0.25, 0.3) is 0 Å². The number of carbonyl (C=O) groups excluding carboxylic acids is 1. The van der Waals surface area contributed by atoms with Crippen LogP contribution in [-0.4, -0.2) is 62.7 Å². The van der Waals surface area contributed by atoms with Gasteiger partial charge in [-0.25, -0.2) is 4.79 Å².